The second-order valence-corrected chi connectivity index (χ2v) is 11.4. The molecule has 5 rings (SSSR count). The van der Waals surface area contributed by atoms with E-state index in [1.165, 1.54) is 17.5 Å². The van der Waals surface area contributed by atoms with Gasteiger partial charge in [-0.05, 0) is 43.0 Å². The van der Waals surface area contributed by atoms with Crippen LogP contribution >= 0.6 is 0 Å². The molecule has 0 bridgehead atoms. The SMILES string of the molecule is Cc1cccc(-c2ccc([C@@H]3[C@@H](CO)N4CCCCN(S(=O)(=O)c5cn(C)cn5)C[C@H]34)cc2)c1. The molecule has 180 valence electrons. The van der Waals surface area contributed by atoms with E-state index in [0.29, 0.717) is 13.1 Å². The molecular formula is C26H32N4O3S. The van der Waals surface area contributed by atoms with Gasteiger partial charge in [0.2, 0.25) is 0 Å². The van der Waals surface area contributed by atoms with Gasteiger partial charge in [0.15, 0.2) is 5.03 Å². The summed E-state index contributed by atoms with van der Waals surface area (Å²) in [4.78, 5) is 6.40. The summed E-state index contributed by atoms with van der Waals surface area (Å²) >= 11 is 0. The van der Waals surface area contributed by atoms with Crippen molar-refractivity contribution in [3.8, 4) is 11.1 Å². The molecule has 2 aliphatic rings. The van der Waals surface area contributed by atoms with Crippen LogP contribution in [0.15, 0.2) is 66.1 Å². The highest BCUT2D eigenvalue weighted by atomic mass is 32.2. The van der Waals surface area contributed by atoms with Crippen LogP contribution in [0.5, 0.6) is 0 Å². The predicted molar refractivity (Wildman–Crippen MR) is 132 cm³/mol. The van der Waals surface area contributed by atoms with Crippen molar-refractivity contribution in [1.29, 1.82) is 0 Å². The second-order valence-electron chi connectivity index (χ2n) is 9.52. The van der Waals surface area contributed by atoms with E-state index in [-0.39, 0.29) is 29.6 Å². The van der Waals surface area contributed by atoms with Gasteiger partial charge in [-0.1, -0.05) is 54.1 Å². The summed E-state index contributed by atoms with van der Waals surface area (Å²) in [5.41, 5.74) is 4.70. The Bertz CT molecular complexity index is 1260. The van der Waals surface area contributed by atoms with Crippen molar-refractivity contribution >= 4 is 10.0 Å². The predicted octanol–water partition coefficient (Wildman–Crippen LogP) is 3.01. The molecule has 0 aliphatic carbocycles. The number of hydrogen-bond acceptors (Lipinski definition) is 5. The monoisotopic (exact) mass is 480 g/mol. The zero-order valence-electron chi connectivity index (χ0n) is 19.7. The van der Waals surface area contributed by atoms with Crippen LogP contribution in [0, 0.1) is 6.92 Å². The number of imidazole rings is 1. The minimum Gasteiger partial charge on any atom is -0.395 e. The van der Waals surface area contributed by atoms with E-state index in [0.717, 1.165) is 30.5 Å². The topological polar surface area (TPSA) is 78.7 Å². The molecule has 8 heteroatoms. The number of nitrogens with zero attached hydrogens (tertiary/aromatic N) is 4. The Morgan fingerprint density at radius 1 is 1.06 bits per heavy atom. The maximum Gasteiger partial charge on any atom is 0.262 e. The van der Waals surface area contributed by atoms with Crippen molar-refractivity contribution in [3.05, 3.63) is 72.2 Å². The van der Waals surface area contributed by atoms with Crippen molar-refractivity contribution in [2.24, 2.45) is 7.05 Å². The van der Waals surface area contributed by atoms with Gasteiger partial charge >= 0.3 is 0 Å². The number of fused-ring (bicyclic) bond motifs is 1. The number of aliphatic hydroxyl groups is 1. The Morgan fingerprint density at radius 2 is 1.82 bits per heavy atom. The number of aryl methyl sites for hydroxylation is 2. The highest BCUT2D eigenvalue weighted by Gasteiger charge is 2.50. The summed E-state index contributed by atoms with van der Waals surface area (Å²) in [6.45, 7) is 3.93. The fourth-order valence-corrected chi connectivity index (χ4v) is 6.97. The number of aliphatic hydroxyl groups excluding tert-OH is 1. The first kappa shape index (κ1) is 23.2. The van der Waals surface area contributed by atoms with Crippen molar-refractivity contribution in [2.75, 3.05) is 26.2 Å². The lowest BCUT2D eigenvalue weighted by atomic mass is 9.74. The van der Waals surface area contributed by atoms with Gasteiger partial charge < -0.3 is 9.67 Å². The Morgan fingerprint density at radius 3 is 2.50 bits per heavy atom. The lowest BCUT2D eigenvalue weighted by molar-refractivity contribution is -0.0554. The van der Waals surface area contributed by atoms with Crippen molar-refractivity contribution < 1.29 is 13.5 Å². The van der Waals surface area contributed by atoms with Crippen LogP contribution in [0.3, 0.4) is 0 Å². The molecule has 2 aromatic carbocycles. The molecule has 2 saturated heterocycles. The van der Waals surface area contributed by atoms with Crippen LogP contribution in [-0.4, -0.2) is 70.6 Å². The van der Waals surface area contributed by atoms with Gasteiger partial charge in [0.25, 0.3) is 10.0 Å². The Balaban J connectivity index is 1.42. The largest absolute Gasteiger partial charge is 0.395 e. The highest BCUT2D eigenvalue weighted by molar-refractivity contribution is 7.89. The molecule has 7 nitrogen and oxygen atoms in total. The average molecular weight is 481 g/mol. The summed E-state index contributed by atoms with van der Waals surface area (Å²) in [6.07, 6.45) is 4.78. The Kier molecular flexibility index (Phi) is 6.33. The van der Waals surface area contributed by atoms with E-state index in [2.05, 4.69) is 65.3 Å². The Labute approximate surface area is 201 Å². The average Bonchev–Trinajstić information content (AvgIpc) is 3.25. The first-order valence-electron chi connectivity index (χ1n) is 11.9. The summed E-state index contributed by atoms with van der Waals surface area (Å²) in [6, 6.07) is 17.0. The lowest BCUT2D eigenvalue weighted by Gasteiger charge is -2.57. The van der Waals surface area contributed by atoms with E-state index >= 15 is 0 Å². The molecule has 0 radical (unpaired) electrons. The van der Waals surface area contributed by atoms with E-state index in [4.69, 9.17) is 0 Å². The van der Waals surface area contributed by atoms with Gasteiger partial charge in [-0.3, -0.25) is 4.90 Å². The summed E-state index contributed by atoms with van der Waals surface area (Å²) in [7, 11) is -1.89. The first-order valence-corrected chi connectivity index (χ1v) is 13.3. The Hall–Kier alpha value is -2.52. The molecule has 1 aromatic heterocycles. The van der Waals surface area contributed by atoms with Crippen LogP contribution in [0.25, 0.3) is 11.1 Å². The minimum absolute atomic E-state index is 0.00678. The number of hydrogen-bond donors (Lipinski definition) is 1. The van der Waals surface area contributed by atoms with Gasteiger partial charge in [-0.2, -0.15) is 4.31 Å². The van der Waals surface area contributed by atoms with E-state index in [1.54, 1.807) is 22.1 Å². The van der Waals surface area contributed by atoms with Crippen LogP contribution in [0.4, 0.5) is 0 Å². The molecule has 1 N–H and O–H groups in total. The number of rotatable bonds is 5. The van der Waals surface area contributed by atoms with Crippen LogP contribution in [-0.2, 0) is 17.1 Å². The number of aromatic nitrogens is 2. The van der Waals surface area contributed by atoms with Crippen molar-refractivity contribution in [2.45, 2.75) is 42.8 Å². The maximum absolute atomic E-state index is 13.3. The summed E-state index contributed by atoms with van der Waals surface area (Å²) in [5, 5.41) is 10.3. The van der Waals surface area contributed by atoms with Crippen molar-refractivity contribution in [3.63, 3.8) is 0 Å². The maximum atomic E-state index is 13.3. The van der Waals surface area contributed by atoms with Gasteiger partial charge in [0.05, 0.1) is 12.9 Å². The molecule has 3 heterocycles. The molecule has 3 atom stereocenters. The summed E-state index contributed by atoms with van der Waals surface area (Å²) < 4.78 is 29.9. The van der Waals surface area contributed by atoms with Gasteiger partial charge in [-0.15, -0.1) is 0 Å². The minimum atomic E-state index is -3.67. The second kappa shape index (κ2) is 9.26. The van der Waals surface area contributed by atoms with E-state index in [9.17, 15) is 13.5 Å². The molecule has 3 aromatic rings. The molecule has 0 saturated carbocycles. The molecule has 2 fully saturated rings. The first-order chi connectivity index (χ1) is 16.4. The van der Waals surface area contributed by atoms with Crippen molar-refractivity contribution in [1.82, 2.24) is 18.8 Å². The molecule has 2 aliphatic heterocycles. The zero-order chi connectivity index (χ0) is 23.9. The fourth-order valence-electron chi connectivity index (χ4n) is 5.50. The molecular weight excluding hydrogens is 448 g/mol. The highest BCUT2D eigenvalue weighted by Crippen LogP contribution is 2.43. The molecule has 0 unspecified atom stereocenters. The van der Waals surface area contributed by atoms with Gasteiger partial charge in [-0.25, -0.2) is 13.4 Å². The van der Waals surface area contributed by atoms with Gasteiger partial charge in [0.1, 0.15) is 0 Å². The van der Waals surface area contributed by atoms with Crippen LogP contribution < -0.4 is 0 Å². The summed E-state index contributed by atoms with van der Waals surface area (Å²) in [5.74, 6) is 0.0797. The van der Waals surface area contributed by atoms with Crippen LogP contribution in [0.2, 0.25) is 0 Å². The third-order valence-electron chi connectivity index (χ3n) is 7.27. The van der Waals surface area contributed by atoms with Gasteiger partial charge in [0, 0.05) is 44.3 Å². The molecule has 0 amide bonds. The number of sulfonamides is 1. The normalized spacial score (nSPS) is 24.1. The van der Waals surface area contributed by atoms with E-state index in [1.807, 2.05) is 0 Å². The fraction of sp³-hybridized carbons (Fsp3) is 0.423. The van der Waals surface area contributed by atoms with E-state index < -0.39 is 10.0 Å². The quantitative estimate of drug-likeness (QED) is 0.607. The molecule has 34 heavy (non-hydrogen) atoms. The number of benzene rings is 2. The zero-order valence-corrected chi connectivity index (χ0v) is 20.5. The molecule has 0 spiro atoms. The van der Waals surface area contributed by atoms with Crippen LogP contribution in [0.1, 0.15) is 29.9 Å². The smallest absolute Gasteiger partial charge is 0.262 e. The standard InChI is InChI=1S/C26H32N4O3S/c1-19-6-5-7-22(14-19)20-8-10-21(11-9-20)26-23-15-29(12-3-4-13-30(23)24(26)17-31)34(32,33)25-16-28(2)18-27-25/h5-11,14,16,18,23-24,26,31H,3-4,12-13,15,17H2,1-2H3/t23-,24-,26+/m1/s1. The lowest BCUT2D eigenvalue weighted by Crippen LogP contribution is -2.67. The third kappa shape index (κ3) is 4.20. The third-order valence-corrected chi connectivity index (χ3v) is 9.02.